The van der Waals surface area contributed by atoms with Crippen molar-refractivity contribution >= 4 is 11.5 Å². The first-order valence-corrected chi connectivity index (χ1v) is 6.60. The van der Waals surface area contributed by atoms with Crippen molar-refractivity contribution in [2.45, 2.75) is 32.7 Å². The van der Waals surface area contributed by atoms with Crippen LogP contribution in [-0.2, 0) is 6.42 Å². The summed E-state index contributed by atoms with van der Waals surface area (Å²) in [6, 6.07) is 4.62. The molecule has 0 aromatic carbocycles. The van der Waals surface area contributed by atoms with E-state index in [1.54, 1.807) is 0 Å². The highest BCUT2D eigenvalue weighted by Gasteiger charge is 2.16. The number of rotatable bonds is 3. The lowest BCUT2D eigenvalue weighted by atomic mass is 10.2. The van der Waals surface area contributed by atoms with Crippen molar-refractivity contribution < 1.29 is 0 Å². The number of nitrogens with one attached hydrogen (secondary N) is 2. The fraction of sp³-hybridized carbons (Fsp3) is 0.538. The predicted molar refractivity (Wildman–Crippen MR) is 72.0 cm³/mol. The highest BCUT2D eigenvalue weighted by molar-refractivity contribution is 5.51. The number of aryl methyl sites for hydroxylation is 2. The van der Waals surface area contributed by atoms with Gasteiger partial charge in [-0.25, -0.2) is 4.98 Å². The van der Waals surface area contributed by atoms with Crippen LogP contribution in [0.25, 0.3) is 5.65 Å². The smallest absolute Gasteiger partial charge is 0.157 e. The molecule has 1 fully saturated rings. The third-order valence-corrected chi connectivity index (χ3v) is 3.38. The summed E-state index contributed by atoms with van der Waals surface area (Å²) in [5.41, 5.74) is 3.04. The summed E-state index contributed by atoms with van der Waals surface area (Å²) in [5, 5.41) is 11.4. The third-order valence-electron chi connectivity index (χ3n) is 3.38. The van der Waals surface area contributed by atoms with E-state index >= 15 is 0 Å². The van der Waals surface area contributed by atoms with Gasteiger partial charge >= 0.3 is 0 Å². The van der Waals surface area contributed by atoms with Crippen LogP contribution in [0.5, 0.6) is 0 Å². The first-order valence-electron chi connectivity index (χ1n) is 6.60. The highest BCUT2D eigenvalue weighted by atomic mass is 15.3. The summed E-state index contributed by atoms with van der Waals surface area (Å²) in [5.74, 6) is 1.05. The van der Waals surface area contributed by atoms with Crippen LogP contribution in [0.4, 0.5) is 5.82 Å². The standard InChI is InChI=1S/C13H19N5/c1-3-10-7-13(16-11-4-5-14-8-11)18-12(15-10)6-9(2)17-18/h6-7,11,14,16H,3-5,8H2,1-2H3. The molecule has 2 N–H and O–H groups in total. The predicted octanol–water partition coefficient (Wildman–Crippen LogP) is 1.37. The average Bonchev–Trinajstić information content (AvgIpc) is 2.97. The van der Waals surface area contributed by atoms with Crippen molar-refractivity contribution in [2.75, 3.05) is 18.4 Å². The van der Waals surface area contributed by atoms with Gasteiger partial charge in [-0.1, -0.05) is 6.92 Å². The summed E-state index contributed by atoms with van der Waals surface area (Å²) >= 11 is 0. The molecule has 18 heavy (non-hydrogen) atoms. The lowest BCUT2D eigenvalue weighted by Crippen LogP contribution is -2.23. The van der Waals surface area contributed by atoms with Crippen LogP contribution in [0.1, 0.15) is 24.7 Å². The van der Waals surface area contributed by atoms with E-state index in [0.717, 1.165) is 48.8 Å². The van der Waals surface area contributed by atoms with Crippen LogP contribution < -0.4 is 10.6 Å². The molecule has 3 heterocycles. The number of hydrogen-bond donors (Lipinski definition) is 2. The van der Waals surface area contributed by atoms with Crippen molar-refractivity contribution in [1.82, 2.24) is 19.9 Å². The molecule has 0 amide bonds. The molecule has 0 radical (unpaired) electrons. The van der Waals surface area contributed by atoms with Gasteiger partial charge in [-0.3, -0.25) is 0 Å². The second kappa shape index (κ2) is 4.57. The van der Waals surface area contributed by atoms with Crippen LogP contribution in [0.2, 0.25) is 0 Å². The van der Waals surface area contributed by atoms with Gasteiger partial charge in [0.25, 0.3) is 0 Å². The van der Waals surface area contributed by atoms with Gasteiger partial charge in [-0.2, -0.15) is 9.61 Å². The molecule has 1 unspecified atom stereocenters. The van der Waals surface area contributed by atoms with Gasteiger partial charge in [0.15, 0.2) is 5.65 Å². The monoisotopic (exact) mass is 245 g/mol. The Bertz CT molecular complexity index is 554. The van der Waals surface area contributed by atoms with Gasteiger partial charge in [-0.15, -0.1) is 0 Å². The Balaban J connectivity index is 2.01. The van der Waals surface area contributed by atoms with Crippen LogP contribution >= 0.6 is 0 Å². The molecule has 96 valence electrons. The Morgan fingerprint density at radius 2 is 2.39 bits per heavy atom. The SMILES string of the molecule is CCc1cc(NC2CCNC2)n2nc(C)cc2n1. The normalized spacial score (nSPS) is 19.6. The van der Waals surface area contributed by atoms with Gasteiger partial charge in [0.2, 0.25) is 0 Å². The molecule has 1 atom stereocenters. The molecule has 1 aliphatic rings. The Morgan fingerprint density at radius 3 is 3.11 bits per heavy atom. The molecule has 1 saturated heterocycles. The van der Waals surface area contributed by atoms with E-state index in [2.05, 4.69) is 33.7 Å². The van der Waals surface area contributed by atoms with E-state index in [0.29, 0.717) is 6.04 Å². The number of fused-ring (bicyclic) bond motifs is 1. The van der Waals surface area contributed by atoms with E-state index in [9.17, 15) is 0 Å². The zero-order valence-electron chi connectivity index (χ0n) is 10.9. The van der Waals surface area contributed by atoms with E-state index in [1.807, 2.05) is 17.5 Å². The molecular formula is C13H19N5. The number of anilines is 1. The van der Waals surface area contributed by atoms with Gasteiger partial charge in [0.05, 0.1) is 5.69 Å². The molecule has 2 aromatic rings. The minimum absolute atomic E-state index is 0.491. The summed E-state index contributed by atoms with van der Waals surface area (Å²) in [4.78, 5) is 4.59. The zero-order valence-corrected chi connectivity index (χ0v) is 10.9. The van der Waals surface area contributed by atoms with Gasteiger partial charge in [0, 0.05) is 30.4 Å². The lowest BCUT2D eigenvalue weighted by molar-refractivity contribution is 0.771. The second-order valence-corrected chi connectivity index (χ2v) is 4.88. The van der Waals surface area contributed by atoms with E-state index in [1.165, 1.54) is 0 Å². The Hall–Kier alpha value is -1.62. The molecule has 5 nitrogen and oxygen atoms in total. The number of nitrogens with zero attached hydrogens (tertiary/aromatic N) is 3. The molecule has 0 aliphatic carbocycles. The first kappa shape index (κ1) is 11.5. The number of hydrogen-bond acceptors (Lipinski definition) is 4. The molecule has 2 aromatic heterocycles. The maximum absolute atomic E-state index is 4.59. The van der Waals surface area contributed by atoms with Crippen LogP contribution in [0.3, 0.4) is 0 Å². The third kappa shape index (κ3) is 2.06. The fourth-order valence-corrected chi connectivity index (χ4v) is 2.41. The van der Waals surface area contributed by atoms with Crippen LogP contribution in [0.15, 0.2) is 12.1 Å². The lowest BCUT2D eigenvalue weighted by Gasteiger charge is -2.14. The molecule has 0 bridgehead atoms. The topological polar surface area (TPSA) is 54.2 Å². The maximum Gasteiger partial charge on any atom is 0.157 e. The Kier molecular flexibility index (Phi) is 2.91. The number of aromatic nitrogens is 3. The summed E-state index contributed by atoms with van der Waals surface area (Å²) in [7, 11) is 0. The fourth-order valence-electron chi connectivity index (χ4n) is 2.41. The molecule has 1 aliphatic heterocycles. The van der Waals surface area contributed by atoms with Crippen LogP contribution in [0, 0.1) is 6.92 Å². The average molecular weight is 245 g/mol. The van der Waals surface area contributed by atoms with Crippen molar-refractivity contribution in [3.63, 3.8) is 0 Å². The maximum atomic E-state index is 4.59. The summed E-state index contributed by atoms with van der Waals surface area (Å²) in [6.45, 7) is 6.24. The summed E-state index contributed by atoms with van der Waals surface area (Å²) < 4.78 is 1.91. The zero-order chi connectivity index (χ0) is 12.5. The largest absolute Gasteiger partial charge is 0.366 e. The molecule has 0 saturated carbocycles. The molecule has 3 rings (SSSR count). The minimum Gasteiger partial charge on any atom is -0.366 e. The minimum atomic E-state index is 0.491. The van der Waals surface area contributed by atoms with Crippen molar-refractivity contribution in [2.24, 2.45) is 0 Å². The van der Waals surface area contributed by atoms with Crippen LogP contribution in [-0.4, -0.2) is 33.7 Å². The highest BCUT2D eigenvalue weighted by Crippen LogP contribution is 2.16. The molecule has 0 spiro atoms. The van der Waals surface area contributed by atoms with Crippen molar-refractivity contribution in [3.8, 4) is 0 Å². The Morgan fingerprint density at radius 1 is 1.50 bits per heavy atom. The quantitative estimate of drug-likeness (QED) is 0.857. The van der Waals surface area contributed by atoms with Gasteiger partial charge in [0.1, 0.15) is 5.82 Å². The molecular weight excluding hydrogens is 226 g/mol. The molecule has 5 heteroatoms. The van der Waals surface area contributed by atoms with Crippen molar-refractivity contribution in [3.05, 3.63) is 23.5 Å². The van der Waals surface area contributed by atoms with E-state index < -0.39 is 0 Å². The second-order valence-electron chi connectivity index (χ2n) is 4.88. The van der Waals surface area contributed by atoms with E-state index in [-0.39, 0.29) is 0 Å². The van der Waals surface area contributed by atoms with Gasteiger partial charge in [-0.05, 0) is 26.3 Å². The van der Waals surface area contributed by atoms with E-state index in [4.69, 9.17) is 0 Å². The van der Waals surface area contributed by atoms with Gasteiger partial charge < -0.3 is 10.6 Å². The summed E-state index contributed by atoms with van der Waals surface area (Å²) in [6.07, 6.45) is 2.10. The Labute approximate surface area is 107 Å². The van der Waals surface area contributed by atoms with Crippen molar-refractivity contribution in [1.29, 1.82) is 0 Å². The first-order chi connectivity index (χ1) is 8.76.